The molecule has 2 rings (SSSR count). The molecule has 0 aliphatic carbocycles. The summed E-state index contributed by atoms with van der Waals surface area (Å²) in [5, 5.41) is 0. The van der Waals surface area contributed by atoms with Crippen molar-refractivity contribution in [3.8, 4) is 0 Å². The predicted octanol–water partition coefficient (Wildman–Crippen LogP) is 1.79. The normalized spacial score (nSPS) is 11.8. The van der Waals surface area contributed by atoms with Crippen molar-refractivity contribution >= 4 is 15.7 Å². The van der Waals surface area contributed by atoms with Crippen LogP contribution in [0, 0.1) is 6.92 Å². The maximum Gasteiger partial charge on any atom is 0.243 e. The van der Waals surface area contributed by atoms with Crippen LogP contribution in [0.25, 0.3) is 0 Å². The molecule has 0 atom stereocenters. The van der Waals surface area contributed by atoms with E-state index < -0.39 is 10.0 Å². The standard InChI is InChI=1S/C14H17N3O2S/c1-11-8-13(15)5-6-14(11)20(18,19)17(2)10-12-4-3-7-16-9-12/h3-9H,10,15H2,1-2H3. The first-order chi connectivity index (χ1) is 9.41. The number of aryl methyl sites for hydroxylation is 1. The van der Waals surface area contributed by atoms with Crippen LogP contribution in [0.5, 0.6) is 0 Å². The second-order valence-electron chi connectivity index (χ2n) is 4.65. The van der Waals surface area contributed by atoms with E-state index >= 15 is 0 Å². The maximum atomic E-state index is 12.5. The lowest BCUT2D eigenvalue weighted by atomic mass is 10.2. The highest BCUT2D eigenvalue weighted by atomic mass is 32.2. The summed E-state index contributed by atoms with van der Waals surface area (Å²) in [4.78, 5) is 4.26. The molecule has 20 heavy (non-hydrogen) atoms. The van der Waals surface area contributed by atoms with Crippen LogP contribution in [0.4, 0.5) is 5.69 Å². The fraction of sp³-hybridized carbons (Fsp3) is 0.214. The number of nitrogens with zero attached hydrogens (tertiary/aromatic N) is 2. The van der Waals surface area contributed by atoms with E-state index in [0.717, 1.165) is 5.56 Å². The van der Waals surface area contributed by atoms with E-state index in [1.807, 2.05) is 6.07 Å². The Labute approximate surface area is 119 Å². The molecule has 0 bridgehead atoms. The lowest BCUT2D eigenvalue weighted by molar-refractivity contribution is 0.466. The molecule has 0 unspecified atom stereocenters. The molecule has 0 saturated carbocycles. The van der Waals surface area contributed by atoms with Crippen LogP contribution in [-0.2, 0) is 16.6 Å². The van der Waals surface area contributed by atoms with Crippen LogP contribution >= 0.6 is 0 Å². The second-order valence-corrected chi connectivity index (χ2v) is 6.66. The van der Waals surface area contributed by atoms with E-state index in [9.17, 15) is 8.42 Å². The van der Waals surface area contributed by atoms with Crippen molar-refractivity contribution in [2.24, 2.45) is 0 Å². The molecule has 1 heterocycles. The number of nitrogen functional groups attached to an aromatic ring is 1. The van der Waals surface area contributed by atoms with Crippen molar-refractivity contribution < 1.29 is 8.42 Å². The molecular weight excluding hydrogens is 274 g/mol. The minimum Gasteiger partial charge on any atom is -0.399 e. The van der Waals surface area contributed by atoms with Gasteiger partial charge in [0.15, 0.2) is 0 Å². The molecule has 1 aromatic heterocycles. The van der Waals surface area contributed by atoms with Gasteiger partial charge in [-0.1, -0.05) is 6.07 Å². The van der Waals surface area contributed by atoms with Gasteiger partial charge in [-0.2, -0.15) is 4.31 Å². The molecule has 2 N–H and O–H groups in total. The van der Waals surface area contributed by atoms with Crippen molar-refractivity contribution in [2.45, 2.75) is 18.4 Å². The van der Waals surface area contributed by atoms with Gasteiger partial charge in [-0.25, -0.2) is 8.42 Å². The first-order valence-corrected chi connectivity index (χ1v) is 7.56. The topological polar surface area (TPSA) is 76.3 Å². The number of pyridine rings is 1. The number of hydrogen-bond donors (Lipinski definition) is 1. The number of aromatic nitrogens is 1. The SMILES string of the molecule is Cc1cc(N)ccc1S(=O)(=O)N(C)Cc1cccnc1. The largest absolute Gasteiger partial charge is 0.399 e. The summed E-state index contributed by atoms with van der Waals surface area (Å²) in [7, 11) is -1.98. The Morgan fingerprint density at radius 2 is 2.05 bits per heavy atom. The van der Waals surface area contributed by atoms with Crippen molar-refractivity contribution in [3.05, 3.63) is 53.9 Å². The smallest absolute Gasteiger partial charge is 0.243 e. The second kappa shape index (κ2) is 5.60. The lowest BCUT2D eigenvalue weighted by Crippen LogP contribution is -2.27. The first kappa shape index (κ1) is 14.5. The molecule has 106 valence electrons. The van der Waals surface area contributed by atoms with Gasteiger partial charge in [0.25, 0.3) is 0 Å². The Bertz CT molecular complexity index is 700. The van der Waals surface area contributed by atoms with Crippen LogP contribution < -0.4 is 5.73 Å². The first-order valence-electron chi connectivity index (χ1n) is 6.12. The van der Waals surface area contributed by atoms with Crippen molar-refractivity contribution in [3.63, 3.8) is 0 Å². The molecule has 0 radical (unpaired) electrons. The minimum absolute atomic E-state index is 0.276. The van der Waals surface area contributed by atoms with E-state index in [1.165, 1.54) is 4.31 Å². The van der Waals surface area contributed by atoms with E-state index in [1.54, 1.807) is 50.6 Å². The monoisotopic (exact) mass is 291 g/mol. The van der Waals surface area contributed by atoms with Gasteiger partial charge in [0.05, 0.1) is 4.90 Å². The van der Waals surface area contributed by atoms with Crippen molar-refractivity contribution in [1.29, 1.82) is 0 Å². The molecule has 0 aliphatic heterocycles. The lowest BCUT2D eigenvalue weighted by Gasteiger charge is -2.18. The zero-order valence-corrected chi connectivity index (χ0v) is 12.3. The van der Waals surface area contributed by atoms with Crippen LogP contribution in [0.1, 0.15) is 11.1 Å². The molecule has 0 spiro atoms. The van der Waals surface area contributed by atoms with Crippen LogP contribution in [0.2, 0.25) is 0 Å². The molecule has 5 nitrogen and oxygen atoms in total. The van der Waals surface area contributed by atoms with Crippen LogP contribution in [-0.4, -0.2) is 24.8 Å². The van der Waals surface area contributed by atoms with Crippen molar-refractivity contribution in [1.82, 2.24) is 9.29 Å². The molecule has 0 fully saturated rings. The van der Waals surface area contributed by atoms with Gasteiger partial charge in [0, 0.05) is 31.7 Å². The summed E-state index contributed by atoms with van der Waals surface area (Å²) < 4.78 is 26.4. The fourth-order valence-corrected chi connectivity index (χ4v) is 3.32. The van der Waals surface area contributed by atoms with E-state index in [4.69, 9.17) is 5.73 Å². The van der Waals surface area contributed by atoms with Crippen LogP contribution in [0.15, 0.2) is 47.6 Å². The highest BCUT2D eigenvalue weighted by Gasteiger charge is 2.22. The average Bonchev–Trinajstić information content (AvgIpc) is 2.39. The third-order valence-electron chi connectivity index (χ3n) is 3.02. The van der Waals surface area contributed by atoms with Gasteiger partial charge in [0.2, 0.25) is 10.0 Å². The number of benzene rings is 1. The van der Waals surface area contributed by atoms with Gasteiger partial charge in [-0.15, -0.1) is 0 Å². The maximum absolute atomic E-state index is 12.5. The Morgan fingerprint density at radius 1 is 1.30 bits per heavy atom. The summed E-state index contributed by atoms with van der Waals surface area (Å²) in [6.07, 6.45) is 3.31. The third kappa shape index (κ3) is 2.97. The Hall–Kier alpha value is -1.92. The van der Waals surface area contributed by atoms with E-state index in [0.29, 0.717) is 11.3 Å². The minimum atomic E-state index is -3.53. The van der Waals surface area contributed by atoms with Gasteiger partial charge < -0.3 is 5.73 Å². The van der Waals surface area contributed by atoms with Crippen LogP contribution in [0.3, 0.4) is 0 Å². The summed E-state index contributed by atoms with van der Waals surface area (Å²) in [6, 6.07) is 8.42. The number of anilines is 1. The van der Waals surface area contributed by atoms with Gasteiger partial charge in [-0.3, -0.25) is 4.98 Å². The summed E-state index contributed by atoms with van der Waals surface area (Å²) >= 11 is 0. The third-order valence-corrected chi connectivity index (χ3v) is 4.98. The molecule has 1 aromatic carbocycles. The number of nitrogens with two attached hydrogens (primary N) is 1. The molecule has 0 saturated heterocycles. The zero-order valence-electron chi connectivity index (χ0n) is 11.4. The summed E-state index contributed by atoms with van der Waals surface area (Å²) in [5.41, 5.74) is 7.69. The van der Waals surface area contributed by atoms with Crippen molar-refractivity contribution in [2.75, 3.05) is 12.8 Å². The highest BCUT2D eigenvalue weighted by molar-refractivity contribution is 7.89. The van der Waals surface area contributed by atoms with E-state index in [2.05, 4.69) is 4.98 Å². The zero-order chi connectivity index (χ0) is 14.8. The summed E-state index contributed by atoms with van der Waals surface area (Å²) in [6.45, 7) is 2.02. The molecule has 2 aromatic rings. The predicted molar refractivity (Wildman–Crippen MR) is 78.5 cm³/mol. The van der Waals surface area contributed by atoms with Gasteiger partial charge in [-0.05, 0) is 42.3 Å². The molecule has 0 aliphatic rings. The number of sulfonamides is 1. The summed E-state index contributed by atoms with van der Waals surface area (Å²) in [5.74, 6) is 0. The molecule has 6 heteroatoms. The Kier molecular flexibility index (Phi) is 4.06. The average molecular weight is 291 g/mol. The fourth-order valence-electron chi connectivity index (χ4n) is 1.96. The molecule has 0 amide bonds. The van der Waals surface area contributed by atoms with E-state index in [-0.39, 0.29) is 11.4 Å². The van der Waals surface area contributed by atoms with Gasteiger partial charge >= 0.3 is 0 Å². The highest BCUT2D eigenvalue weighted by Crippen LogP contribution is 2.22. The molecular formula is C14H17N3O2S. The Morgan fingerprint density at radius 3 is 2.65 bits per heavy atom. The quantitative estimate of drug-likeness (QED) is 0.871. The number of rotatable bonds is 4. The number of hydrogen-bond acceptors (Lipinski definition) is 4. The van der Waals surface area contributed by atoms with Gasteiger partial charge in [0.1, 0.15) is 0 Å². The Balaban J connectivity index is 2.30.